The minimum Gasteiger partial charge on any atom is -0.396 e. The van der Waals surface area contributed by atoms with Crippen LogP contribution in [0.2, 0.25) is 0 Å². The highest BCUT2D eigenvalue weighted by atomic mass is 16.3. The van der Waals surface area contributed by atoms with Crippen LogP contribution < -0.4 is 5.32 Å². The Morgan fingerprint density at radius 2 is 2.21 bits per heavy atom. The SMILES string of the molecule is OCCCN[C@H]1CCc2ccccc21. The third kappa shape index (κ3) is 1.97. The summed E-state index contributed by atoms with van der Waals surface area (Å²) in [6.07, 6.45) is 3.23. The van der Waals surface area contributed by atoms with Crippen LogP contribution in [0.3, 0.4) is 0 Å². The van der Waals surface area contributed by atoms with Gasteiger partial charge in [-0.2, -0.15) is 0 Å². The van der Waals surface area contributed by atoms with E-state index in [1.54, 1.807) is 0 Å². The molecule has 0 radical (unpaired) electrons. The van der Waals surface area contributed by atoms with E-state index in [4.69, 9.17) is 5.11 Å². The first-order valence-electron chi connectivity index (χ1n) is 5.34. The topological polar surface area (TPSA) is 32.3 Å². The molecule has 14 heavy (non-hydrogen) atoms. The number of aryl methyl sites for hydroxylation is 1. The summed E-state index contributed by atoms with van der Waals surface area (Å²) in [4.78, 5) is 0. The summed E-state index contributed by atoms with van der Waals surface area (Å²) in [5.41, 5.74) is 2.93. The van der Waals surface area contributed by atoms with Gasteiger partial charge in [0.1, 0.15) is 0 Å². The summed E-state index contributed by atoms with van der Waals surface area (Å²) < 4.78 is 0. The molecule has 0 bridgehead atoms. The van der Waals surface area contributed by atoms with Gasteiger partial charge >= 0.3 is 0 Å². The third-order valence-corrected chi connectivity index (χ3v) is 2.86. The summed E-state index contributed by atoms with van der Waals surface area (Å²) >= 11 is 0. The fraction of sp³-hybridized carbons (Fsp3) is 0.500. The second-order valence-electron chi connectivity index (χ2n) is 3.82. The molecule has 2 heteroatoms. The molecule has 0 amide bonds. The molecular formula is C12H17NO. The molecule has 2 nitrogen and oxygen atoms in total. The summed E-state index contributed by atoms with van der Waals surface area (Å²) in [5.74, 6) is 0. The van der Waals surface area contributed by atoms with Gasteiger partial charge < -0.3 is 10.4 Å². The van der Waals surface area contributed by atoms with E-state index in [0.717, 1.165) is 13.0 Å². The molecule has 1 aromatic carbocycles. The Kier molecular flexibility index (Phi) is 3.17. The molecule has 0 saturated carbocycles. The van der Waals surface area contributed by atoms with E-state index in [-0.39, 0.29) is 6.61 Å². The fourth-order valence-corrected chi connectivity index (χ4v) is 2.12. The van der Waals surface area contributed by atoms with E-state index in [1.807, 2.05) is 0 Å². The maximum atomic E-state index is 8.70. The predicted molar refractivity (Wildman–Crippen MR) is 57.2 cm³/mol. The molecule has 1 atom stereocenters. The second-order valence-corrected chi connectivity index (χ2v) is 3.82. The highest BCUT2D eigenvalue weighted by Crippen LogP contribution is 2.30. The zero-order valence-corrected chi connectivity index (χ0v) is 8.37. The van der Waals surface area contributed by atoms with Crippen molar-refractivity contribution in [2.45, 2.75) is 25.3 Å². The van der Waals surface area contributed by atoms with Crippen molar-refractivity contribution in [1.29, 1.82) is 0 Å². The van der Waals surface area contributed by atoms with Crippen LogP contribution in [0.25, 0.3) is 0 Å². The van der Waals surface area contributed by atoms with Crippen LogP contribution in [0.1, 0.15) is 30.0 Å². The van der Waals surface area contributed by atoms with Gasteiger partial charge in [-0.25, -0.2) is 0 Å². The Balaban J connectivity index is 1.96. The largest absolute Gasteiger partial charge is 0.396 e. The van der Waals surface area contributed by atoms with Gasteiger partial charge in [0.25, 0.3) is 0 Å². The van der Waals surface area contributed by atoms with Crippen LogP contribution in [0.5, 0.6) is 0 Å². The lowest BCUT2D eigenvalue weighted by Gasteiger charge is -2.13. The smallest absolute Gasteiger partial charge is 0.0443 e. The van der Waals surface area contributed by atoms with Crippen molar-refractivity contribution in [1.82, 2.24) is 5.32 Å². The van der Waals surface area contributed by atoms with Crippen LogP contribution in [-0.2, 0) is 6.42 Å². The van der Waals surface area contributed by atoms with Crippen molar-refractivity contribution in [2.24, 2.45) is 0 Å². The lowest BCUT2D eigenvalue weighted by molar-refractivity contribution is 0.283. The lowest BCUT2D eigenvalue weighted by Crippen LogP contribution is -2.21. The molecule has 0 aliphatic heterocycles. The summed E-state index contributed by atoms with van der Waals surface area (Å²) in [6, 6.07) is 9.14. The Labute approximate surface area is 85.0 Å². The molecule has 0 heterocycles. The third-order valence-electron chi connectivity index (χ3n) is 2.86. The van der Waals surface area contributed by atoms with Crippen molar-refractivity contribution in [3.63, 3.8) is 0 Å². The number of hydrogen-bond acceptors (Lipinski definition) is 2. The Morgan fingerprint density at radius 3 is 3.07 bits per heavy atom. The first-order chi connectivity index (χ1) is 6.92. The Bertz CT molecular complexity index is 298. The van der Waals surface area contributed by atoms with Gasteiger partial charge in [-0.05, 0) is 36.9 Å². The maximum absolute atomic E-state index is 8.70. The van der Waals surface area contributed by atoms with Gasteiger partial charge in [0.05, 0.1) is 0 Å². The molecule has 0 spiro atoms. The molecule has 1 aromatic rings. The van der Waals surface area contributed by atoms with Crippen LogP contribution in [0.15, 0.2) is 24.3 Å². The number of nitrogens with one attached hydrogen (secondary N) is 1. The van der Waals surface area contributed by atoms with Gasteiger partial charge in [-0.1, -0.05) is 24.3 Å². The number of rotatable bonds is 4. The summed E-state index contributed by atoms with van der Waals surface area (Å²) in [7, 11) is 0. The highest BCUT2D eigenvalue weighted by Gasteiger charge is 2.20. The lowest BCUT2D eigenvalue weighted by atomic mass is 10.1. The number of aliphatic hydroxyl groups is 1. The van der Waals surface area contributed by atoms with Gasteiger partial charge in [-0.15, -0.1) is 0 Å². The molecule has 0 unspecified atom stereocenters. The average molecular weight is 191 g/mol. The first-order valence-corrected chi connectivity index (χ1v) is 5.34. The Morgan fingerprint density at radius 1 is 1.36 bits per heavy atom. The van der Waals surface area contributed by atoms with Gasteiger partial charge in [0.15, 0.2) is 0 Å². The van der Waals surface area contributed by atoms with Crippen molar-refractivity contribution in [3.8, 4) is 0 Å². The Hall–Kier alpha value is -0.860. The molecule has 76 valence electrons. The molecule has 0 fully saturated rings. The molecule has 0 saturated heterocycles. The fourth-order valence-electron chi connectivity index (χ4n) is 2.12. The van der Waals surface area contributed by atoms with Gasteiger partial charge in [0.2, 0.25) is 0 Å². The molecule has 2 rings (SSSR count). The number of fused-ring (bicyclic) bond motifs is 1. The van der Waals surface area contributed by atoms with Crippen LogP contribution in [0, 0.1) is 0 Å². The van der Waals surface area contributed by atoms with E-state index in [1.165, 1.54) is 24.0 Å². The summed E-state index contributed by atoms with van der Waals surface area (Å²) in [5, 5.41) is 12.2. The van der Waals surface area contributed by atoms with Crippen LogP contribution in [0.4, 0.5) is 0 Å². The summed E-state index contributed by atoms with van der Waals surface area (Å²) in [6.45, 7) is 1.19. The minimum absolute atomic E-state index is 0.279. The predicted octanol–water partition coefficient (Wildman–Crippen LogP) is 1.65. The van der Waals surface area contributed by atoms with Gasteiger partial charge in [-0.3, -0.25) is 0 Å². The number of hydrogen-bond donors (Lipinski definition) is 2. The number of benzene rings is 1. The highest BCUT2D eigenvalue weighted by molar-refractivity contribution is 5.34. The quantitative estimate of drug-likeness (QED) is 0.709. The van der Waals surface area contributed by atoms with Crippen LogP contribution in [-0.4, -0.2) is 18.3 Å². The molecular weight excluding hydrogens is 174 g/mol. The minimum atomic E-state index is 0.279. The normalized spacial score (nSPS) is 19.6. The average Bonchev–Trinajstić information content (AvgIpc) is 2.63. The van der Waals surface area contributed by atoms with Crippen molar-refractivity contribution >= 4 is 0 Å². The zero-order valence-electron chi connectivity index (χ0n) is 8.37. The standard InChI is InChI=1S/C12H17NO/c14-9-3-8-13-12-7-6-10-4-1-2-5-11(10)12/h1-2,4-5,12-14H,3,6-9H2/t12-/m0/s1. The monoisotopic (exact) mass is 191 g/mol. The molecule has 2 N–H and O–H groups in total. The van der Waals surface area contributed by atoms with Crippen molar-refractivity contribution < 1.29 is 5.11 Å². The van der Waals surface area contributed by atoms with Crippen LogP contribution >= 0.6 is 0 Å². The van der Waals surface area contributed by atoms with E-state index in [0.29, 0.717) is 6.04 Å². The van der Waals surface area contributed by atoms with E-state index < -0.39 is 0 Å². The van der Waals surface area contributed by atoms with Crippen molar-refractivity contribution in [2.75, 3.05) is 13.2 Å². The van der Waals surface area contributed by atoms with E-state index in [9.17, 15) is 0 Å². The van der Waals surface area contributed by atoms with E-state index >= 15 is 0 Å². The van der Waals surface area contributed by atoms with Gasteiger partial charge in [0, 0.05) is 12.6 Å². The molecule has 0 aromatic heterocycles. The second kappa shape index (κ2) is 4.58. The number of aliphatic hydroxyl groups excluding tert-OH is 1. The maximum Gasteiger partial charge on any atom is 0.0443 e. The molecule has 1 aliphatic carbocycles. The first kappa shape index (κ1) is 9.69. The zero-order chi connectivity index (χ0) is 9.80. The van der Waals surface area contributed by atoms with Crippen molar-refractivity contribution in [3.05, 3.63) is 35.4 Å². The molecule has 1 aliphatic rings. The van der Waals surface area contributed by atoms with E-state index in [2.05, 4.69) is 29.6 Å².